The zero-order valence-electron chi connectivity index (χ0n) is 35.7. The van der Waals surface area contributed by atoms with E-state index in [-0.39, 0.29) is 30.1 Å². The van der Waals surface area contributed by atoms with Crippen molar-refractivity contribution in [2.24, 2.45) is 0 Å². The van der Waals surface area contributed by atoms with Crippen LogP contribution in [0.15, 0.2) is 18.2 Å². The van der Waals surface area contributed by atoms with Crippen LogP contribution in [0.4, 0.5) is 4.79 Å². The van der Waals surface area contributed by atoms with E-state index in [1.54, 1.807) is 14.1 Å². The zero-order chi connectivity index (χ0) is 41.1. The number of likely N-dealkylation sites (N-methyl/N-ethyl adjacent to an activating group) is 1. The Labute approximate surface area is 332 Å². The summed E-state index contributed by atoms with van der Waals surface area (Å²) in [5.41, 5.74) is 14.6. The monoisotopic (exact) mass is 765 g/mol. The van der Waals surface area contributed by atoms with Gasteiger partial charge in [-0.05, 0) is 145 Å². The lowest BCUT2D eigenvalue weighted by molar-refractivity contribution is -0.134. The molecule has 3 aromatic heterocycles. The first-order chi connectivity index (χ1) is 26.4. The Morgan fingerprint density at radius 3 is 2.11 bits per heavy atom. The highest BCUT2D eigenvalue weighted by Gasteiger charge is 2.32. The van der Waals surface area contributed by atoms with Gasteiger partial charge in [0.15, 0.2) is 0 Å². The highest BCUT2D eigenvalue weighted by atomic mass is 16.6. The number of aryl methyl sites for hydroxylation is 4. The highest BCUT2D eigenvalue weighted by Crippen LogP contribution is 2.42. The maximum atomic E-state index is 13.6. The number of nitrogens with zero attached hydrogens (tertiary/aromatic N) is 3. The minimum absolute atomic E-state index is 0.0270. The minimum atomic E-state index is -0.659. The fraction of sp³-hybridized carbons (Fsp3) is 0.533. The lowest BCUT2D eigenvalue weighted by Gasteiger charge is -2.23. The maximum absolute atomic E-state index is 13.6. The molecule has 0 saturated heterocycles. The number of hydrogen-bond donors (Lipinski definition) is 4. The molecule has 8 bridgehead atoms. The van der Waals surface area contributed by atoms with E-state index in [1.165, 1.54) is 27.2 Å². The molecule has 3 amide bonds. The van der Waals surface area contributed by atoms with Crippen molar-refractivity contribution in [3.05, 3.63) is 68.8 Å². The predicted octanol–water partition coefficient (Wildman–Crippen LogP) is 8.86. The number of fused-ring (bicyclic) bond motifs is 8. The van der Waals surface area contributed by atoms with Gasteiger partial charge in [-0.15, -0.1) is 0 Å². The van der Waals surface area contributed by atoms with Crippen molar-refractivity contribution >= 4 is 51.6 Å². The van der Waals surface area contributed by atoms with Gasteiger partial charge < -0.3 is 30.2 Å². The van der Waals surface area contributed by atoms with Crippen molar-refractivity contribution in [3.63, 3.8) is 0 Å². The van der Waals surface area contributed by atoms with Gasteiger partial charge in [0.25, 0.3) is 0 Å². The predicted molar refractivity (Wildman–Crippen MR) is 227 cm³/mol. The second-order valence-electron chi connectivity index (χ2n) is 16.7. The number of aromatic nitrogens is 4. The van der Waals surface area contributed by atoms with E-state index in [4.69, 9.17) is 14.7 Å². The molecule has 2 aliphatic heterocycles. The first-order valence-corrected chi connectivity index (χ1v) is 20.3. The Hall–Kier alpha value is -4.93. The van der Waals surface area contributed by atoms with Crippen LogP contribution in [0.25, 0.3) is 33.7 Å². The van der Waals surface area contributed by atoms with Gasteiger partial charge in [-0.2, -0.15) is 0 Å². The average Bonchev–Trinajstić information content (AvgIpc) is 3.83. The minimum Gasteiger partial charge on any atom is -0.444 e. The number of hydrogen-bond acceptors (Lipinski definition) is 6. The largest absolute Gasteiger partial charge is 0.444 e. The Kier molecular flexibility index (Phi) is 13.2. The Bertz CT molecular complexity index is 2170. The summed E-state index contributed by atoms with van der Waals surface area (Å²) in [7, 11) is 3.40. The summed E-state index contributed by atoms with van der Waals surface area (Å²) in [6.45, 7) is 21.0. The van der Waals surface area contributed by atoms with E-state index < -0.39 is 17.7 Å². The normalized spacial score (nSPS) is 16.0. The van der Waals surface area contributed by atoms with Crippen molar-refractivity contribution in [2.75, 3.05) is 20.6 Å². The third-order valence-electron chi connectivity index (χ3n) is 11.3. The van der Waals surface area contributed by atoms with E-state index in [1.807, 2.05) is 20.8 Å². The van der Waals surface area contributed by atoms with Crippen LogP contribution in [0.2, 0.25) is 0 Å². The lowest BCUT2D eigenvalue weighted by atomic mass is 9.85. The van der Waals surface area contributed by atoms with Gasteiger partial charge in [0.1, 0.15) is 11.6 Å². The summed E-state index contributed by atoms with van der Waals surface area (Å²) in [4.78, 5) is 58.3. The number of rotatable bonds is 12. The number of nitrogens with one attached hydrogen (secondary N) is 4. The zero-order valence-corrected chi connectivity index (χ0v) is 35.7. The molecule has 0 unspecified atom stereocenters. The van der Waals surface area contributed by atoms with E-state index in [9.17, 15) is 14.4 Å². The van der Waals surface area contributed by atoms with Crippen molar-refractivity contribution in [1.29, 1.82) is 0 Å². The third kappa shape index (κ3) is 9.53. The fourth-order valence-corrected chi connectivity index (χ4v) is 8.01. The summed E-state index contributed by atoms with van der Waals surface area (Å²) in [6, 6.07) is 5.94. The number of carbonyl (C=O) groups excluding carboxylic acids is 3. The fourth-order valence-electron chi connectivity index (χ4n) is 8.01. The Balaban J connectivity index is 1.45. The SMILES string of the molecule is CCc1c(C)c2cc3[nH]c(cc4nc(c(C)c5nc(cc1[nH]2)C(C)=C5)[C@@H](CCC(=O)N[C@@H](CCCCNC(=O)OC(C)(C)C)C(=O)N(C)C)[C@@H]4C)c(C)c3CC. The van der Waals surface area contributed by atoms with Crippen molar-refractivity contribution in [2.45, 2.75) is 138 Å². The molecular weight excluding hydrogens is 703 g/mol. The van der Waals surface area contributed by atoms with Gasteiger partial charge >= 0.3 is 6.09 Å². The number of alkyl carbamates (subject to hydrolysis) is 1. The first-order valence-electron chi connectivity index (χ1n) is 20.3. The molecule has 0 saturated carbocycles. The van der Waals surface area contributed by atoms with Gasteiger partial charge in [-0.3, -0.25) is 14.6 Å². The standard InChI is InChI=1S/C45H63N7O4/c1-13-30-27(5)37-24-40-31(14-2)26(4)36(48-40)23-38-28(6)32(42(51-38)29(7)35-21-25(3)34(47-35)22-39(30)49-37)18-19-41(53)50-33(43(54)52(11)12)17-15-16-20-46-44(55)56-45(8,9)10/h21-24,28,32-33,48-49H,13-20H2,1-12H3,(H,46,55)(H,50,53)/t28-,32-,33-/m0/s1. The lowest BCUT2D eigenvalue weighted by Crippen LogP contribution is -2.46. The van der Waals surface area contributed by atoms with Crippen LogP contribution in [0.3, 0.4) is 0 Å². The van der Waals surface area contributed by atoms with Gasteiger partial charge in [-0.25, -0.2) is 9.78 Å². The molecule has 2 aliphatic rings. The Morgan fingerprint density at radius 1 is 0.875 bits per heavy atom. The van der Waals surface area contributed by atoms with Crippen molar-refractivity contribution < 1.29 is 19.1 Å². The van der Waals surface area contributed by atoms with Gasteiger partial charge in [0.05, 0.1) is 11.4 Å². The van der Waals surface area contributed by atoms with Crippen LogP contribution in [0.5, 0.6) is 0 Å². The summed E-state index contributed by atoms with van der Waals surface area (Å²) >= 11 is 0. The second kappa shape index (κ2) is 17.5. The average molecular weight is 766 g/mol. The van der Waals surface area contributed by atoms with Crippen LogP contribution < -0.4 is 10.6 Å². The van der Waals surface area contributed by atoms with Crippen LogP contribution >= 0.6 is 0 Å². The topological polar surface area (TPSA) is 145 Å². The molecule has 5 rings (SSSR count). The number of ether oxygens (including phenoxy) is 1. The van der Waals surface area contributed by atoms with Gasteiger partial charge in [0.2, 0.25) is 11.8 Å². The number of allylic oxidation sites excluding steroid dienone is 1. The second-order valence-corrected chi connectivity index (χ2v) is 16.7. The Morgan fingerprint density at radius 2 is 1.50 bits per heavy atom. The van der Waals surface area contributed by atoms with E-state index in [0.29, 0.717) is 32.2 Å². The smallest absolute Gasteiger partial charge is 0.407 e. The summed E-state index contributed by atoms with van der Waals surface area (Å²) in [5, 5.41) is 5.80. The molecule has 302 valence electrons. The quantitative estimate of drug-likeness (QED) is 0.136. The molecule has 0 radical (unpaired) electrons. The molecule has 3 atom stereocenters. The molecule has 56 heavy (non-hydrogen) atoms. The summed E-state index contributed by atoms with van der Waals surface area (Å²) in [5.74, 6) is -0.306. The van der Waals surface area contributed by atoms with E-state index in [2.05, 4.69) is 93.3 Å². The summed E-state index contributed by atoms with van der Waals surface area (Å²) in [6.07, 6.45) is 6.04. The molecule has 0 fully saturated rings. The first kappa shape index (κ1) is 42.2. The number of aromatic amines is 2. The molecular formula is C45H63N7O4. The van der Waals surface area contributed by atoms with E-state index in [0.717, 1.165) is 68.8 Å². The van der Waals surface area contributed by atoms with Crippen molar-refractivity contribution in [3.8, 4) is 0 Å². The van der Waals surface area contributed by atoms with Crippen LogP contribution in [-0.4, -0.2) is 75.0 Å². The molecule has 4 N–H and O–H groups in total. The van der Waals surface area contributed by atoms with Crippen molar-refractivity contribution in [1.82, 2.24) is 35.5 Å². The van der Waals surface area contributed by atoms with Crippen LogP contribution in [0.1, 0.15) is 143 Å². The number of carbonyl (C=O) groups is 3. The highest BCUT2D eigenvalue weighted by molar-refractivity contribution is 5.88. The third-order valence-corrected chi connectivity index (χ3v) is 11.3. The number of unbranched alkanes of at least 4 members (excludes halogenated alkanes) is 1. The molecule has 0 aliphatic carbocycles. The van der Waals surface area contributed by atoms with Crippen LogP contribution in [-0.2, 0) is 27.2 Å². The van der Waals surface area contributed by atoms with Gasteiger partial charge in [0, 0.05) is 72.4 Å². The number of amides is 3. The molecule has 0 spiro atoms. The molecule has 11 heteroatoms. The molecule has 0 aromatic carbocycles. The molecule has 3 aromatic rings. The number of H-pyrrole nitrogens is 2. The summed E-state index contributed by atoms with van der Waals surface area (Å²) < 4.78 is 5.31. The molecule has 5 heterocycles. The molecule has 11 nitrogen and oxygen atoms in total. The maximum Gasteiger partial charge on any atom is 0.407 e. The van der Waals surface area contributed by atoms with Crippen LogP contribution in [0, 0.1) is 20.8 Å². The van der Waals surface area contributed by atoms with E-state index >= 15 is 0 Å². The van der Waals surface area contributed by atoms with Gasteiger partial charge in [-0.1, -0.05) is 20.8 Å².